The van der Waals surface area contributed by atoms with E-state index in [0.717, 1.165) is 13.0 Å². The van der Waals surface area contributed by atoms with Crippen LogP contribution < -0.4 is 5.73 Å². The number of thiophene rings is 1. The van der Waals surface area contributed by atoms with Crippen molar-refractivity contribution in [1.82, 2.24) is 4.90 Å². The van der Waals surface area contributed by atoms with Gasteiger partial charge in [-0.25, -0.2) is 0 Å². The minimum absolute atomic E-state index is 0.440. The third-order valence-electron chi connectivity index (χ3n) is 3.84. The number of nitrogens with two attached hydrogens (primary N) is 1. The standard InChI is InChI=1S/C14H24N2S/c1-3-12-7-8-14(17-12)13(10-15)16-9-5-4-6-11(16)2/h7-8,11,13H,3-6,9-10,15H2,1-2H3. The van der Waals surface area contributed by atoms with Gasteiger partial charge in [-0.05, 0) is 44.9 Å². The largest absolute Gasteiger partial charge is 0.329 e. The van der Waals surface area contributed by atoms with Gasteiger partial charge >= 0.3 is 0 Å². The Labute approximate surface area is 109 Å². The van der Waals surface area contributed by atoms with E-state index >= 15 is 0 Å². The summed E-state index contributed by atoms with van der Waals surface area (Å²) >= 11 is 1.94. The van der Waals surface area contributed by atoms with E-state index in [1.54, 1.807) is 0 Å². The molecule has 1 aliphatic heterocycles. The molecule has 2 heterocycles. The Kier molecular flexibility index (Phi) is 4.60. The van der Waals surface area contributed by atoms with E-state index in [0.29, 0.717) is 12.1 Å². The van der Waals surface area contributed by atoms with Gasteiger partial charge in [0.05, 0.1) is 6.04 Å². The zero-order valence-corrected chi connectivity index (χ0v) is 11.8. The van der Waals surface area contributed by atoms with Crippen molar-refractivity contribution in [2.24, 2.45) is 5.73 Å². The number of rotatable bonds is 4. The average molecular weight is 252 g/mol. The molecule has 0 bridgehead atoms. The van der Waals surface area contributed by atoms with E-state index in [9.17, 15) is 0 Å². The van der Waals surface area contributed by atoms with Crippen molar-refractivity contribution >= 4 is 11.3 Å². The maximum atomic E-state index is 6.01. The first-order valence-electron chi connectivity index (χ1n) is 6.80. The van der Waals surface area contributed by atoms with Gasteiger partial charge in [0.2, 0.25) is 0 Å². The highest BCUT2D eigenvalue weighted by atomic mass is 32.1. The Morgan fingerprint density at radius 1 is 1.47 bits per heavy atom. The molecule has 0 aromatic carbocycles. The van der Waals surface area contributed by atoms with Crippen molar-refractivity contribution in [3.05, 3.63) is 21.9 Å². The monoisotopic (exact) mass is 252 g/mol. The third-order valence-corrected chi connectivity index (χ3v) is 5.17. The second-order valence-corrected chi connectivity index (χ2v) is 6.19. The predicted octanol–water partition coefficient (Wildman–Crippen LogP) is 3.18. The Morgan fingerprint density at radius 3 is 2.88 bits per heavy atom. The molecule has 2 nitrogen and oxygen atoms in total. The lowest BCUT2D eigenvalue weighted by Gasteiger charge is -2.38. The highest BCUT2D eigenvalue weighted by molar-refractivity contribution is 7.12. The van der Waals surface area contributed by atoms with Crippen LogP contribution >= 0.6 is 11.3 Å². The van der Waals surface area contributed by atoms with Crippen LogP contribution in [0.3, 0.4) is 0 Å². The van der Waals surface area contributed by atoms with E-state index in [-0.39, 0.29) is 0 Å². The minimum atomic E-state index is 0.440. The van der Waals surface area contributed by atoms with Gasteiger partial charge in [0, 0.05) is 22.3 Å². The zero-order valence-electron chi connectivity index (χ0n) is 11.0. The van der Waals surface area contributed by atoms with E-state index in [1.165, 1.54) is 35.6 Å². The third kappa shape index (κ3) is 2.90. The first-order valence-corrected chi connectivity index (χ1v) is 7.62. The minimum Gasteiger partial charge on any atom is -0.329 e. The lowest BCUT2D eigenvalue weighted by Crippen LogP contribution is -2.42. The highest BCUT2D eigenvalue weighted by Gasteiger charge is 2.27. The molecule has 0 amide bonds. The molecule has 17 heavy (non-hydrogen) atoms. The number of aryl methyl sites for hydroxylation is 1. The summed E-state index contributed by atoms with van der Waals surface area (Å²) in [6, 6.07) is 5.67. The molecule has 0 saturated carbocycles. The molecule has 2 atom stereocenters. The van der Waals surface area contributed by atoms with E-state index in [4.69, 9.17) is 5.73 Å². The molecule has 1 aromatic rings. The van der Waals surface area contributed by atoms with Crippen LogP contribution in [0.2, 0.25) is 0 Å². The molecule has 0 spiro atoms. The van der Waals surface area contributed by atoms with Gasteiger partial charge in [-0.1, -0.05) is 13.3 Å². The number of piperidine rings is 1. The average Bonchev–Trinajstić information content (AvgIpc) is 2.81. The molecular weight excluding hydrogens is 228 g/mol. The Balaban J connectivity index is 2.14. The van der Waals surface area contributed by atoms with Gasteiger partial charge in [0.15, 0.2) is 0 Å². The molecule has 2 unspecified atom stereocenters. The zero-order chi connectivity index (χ0) is 12.3. The van der Waals surface area contributed by atoms with Gasteiger partial charge in [-0.15, -0.1) is 11.3 Å². The fourth-order valence-corrected chi connectivity index (χ4v) is 3.85. The first-order chi connectivity index (χ1) is 8.26. The second-order valence-electron chi connectivity index (χ2n) is 4.99. The van der Waals surface area contributed by atoms with Crippen LogP contribution in [-0.4, -0.2) is 24.0 Å². The molecule has 2 rings (SSSR count). The van der Waals surface area contributed by atoms with Gasteiger partial charge in [0.25, 0.3) is 0 Å². The number of hydrogen-bond donors (Lipinski definition) is 1. The summed E-state index contributed by atoms with van der Waals surface area (Å²) in [5.41, 5.74) is 6.01. The van der Waals surface area contributed by atoms with Crippen LogP contribution in [0.5, 0.6) is 0 Å². The SMILES string of the molecule is CCc1ccc(C(CN)N2CCCCC2C)s1. The molecule has 1 fully saturated rings. The summed E-state index contributed by atoms with van der Waals surface area (Å²) in [6.07, 6.45) is 5.16. The van der Waals surface area contributed by atoms with Crippen LogP contribution in [0.25, 0.3) is 0 Å². The molecule has 3 heteroatoms. The summed E-state index contributed by atoms with van der Waals surface area (Å²) < 4.78 is 0. The fraction of sp³-hybridized carbons (Fsp3) is 0.714. The molecule has 1 saturated heterocycles. The van der Waals surface area contributed by atoms with Crippen molar-refractivity contribution in [2.45, 2.75) is 51.6 Å². The van der Waals surface area contributed by atoms with E-state index in [2.05, 4.69) is 30.9 Å². The summed E-state index contributed by atoms with van der Waals surface area (Å²) in [5.74, 6) is 0. The molecule has 96 valence electrons. The fourth-order valence-electron chi connectivity index (χ4n) is 2.76. The smallest absolute Gasteiger partial charge is 0.0566 e. The quantitative estimate of drug-likeness (QED) is 0.891. The van der Waals surface area contributed by atoms with E-state index < -0.39 is 0 Å². The van der Waals surface area contributed by atoms with Crippen molar-refractivity contribution in [3.8, 4) is 0 Å². The van der Waals surface area contributed by atoms with Crippen molar-refractivity contribution in [3.63, 3.8) is 0 Å². The normalized spacial score (nSPS) is 23.8. The predicted molar refractivity (Wildman–Crippen MR) is 75.5 cm³/mol. The molecule has 1 aromatic heterocycles. The van der Waals surface area contributed by atoms with Crippen LogP contribution in [0, 0.1) is 0 Å². The van der Waals surface area contributed by atoms with Gasteiger partial charge in [-0.2, -0.15) is 0 Å². The van der Waals surface area contributed by atoms with Gasteiger partial charge in [-0.3, -0.25) is 4.90 Å². The topological polar surface area (TPSA) is 29.3 Å². The maximum Gasteiger partial charge on any atom is 0.0566 e. The number of hydrogen-bond acceptors (Lipinski definition) is 3. The van der Waals surface area contributed by atoms with Crippen molar-refractivity contribution in [2.75, 3.05) is 13.1 Å². The van der Waals surface area contributed by atoms with Crippen LogP contribution in [0.15, 0.2) is 12.1 Å². The maximum absolute atomic E-state index is 6.01. The van der Waals surface area contributed by atoms with Crippen molar-refractivity contribution in [1.29, 1.82) is 0 Å². The molecular formula is C14H24N2S. The summed E-state index contributed by atoms with van der Waals surface area (Å²) in [4.78, 5) is 5.54. The number of nitrogens with zero attached hydrogens (tertiary/aromatic N) is 1. The molecule has 0 radical (unpaired) electrons. The molecule has 1 aliphatic rings. The van der Waals surface area contributed by atoms with Crippen LogP contribution in [0.4, 0.5) is 0 Å². The van der Waals surface area contributed by atoms with Gasteiger partial charge < -0.3 is 5.73 Å². The Bertz CT molecular complexity index is 348. The summed E-state index contributed by atoms with van der Waals surface area (Å²) in [6.45, 7) is 6.52. The van der Waals surface area contributed by atoms with Crippen LogP contribution in [-0.2, 0) is 6.42 Å². The van der Waals surface area contributed by atoms with Crippen molar-refractivity contribution < 1.29 is 0 Å². The highest BCUT2D eigenvalue weighted by Crippen LogP contribution is 2.32. The second kappa shape index (κ2) is 5.98. The lowest BCUT2D eigenvalue weighted by molar-refractivity contribution is 0.111. The lowest BCUT2D eigenvalue weighted by atomic mass is 10.0. The van der Waals surface area contributed by atoms with Gasteiger partial charge in [0.1, 0.15) is 0 Å². The Morgan fingerprint density at radius 2 is 2.29 bits per heavy atom. The summed E-state index contributed by atoms with van der Waals surface area (Å²) in [5, 5.41) is 0. The first kappa shape index (κ1) is 13.1. The summed E-state index contributed by atoms with van der Waals surface area (Å²) in [7, 11) is 0. The van der Waals surface area contributed by atoms with Crippen LogP contribution in [0.1, 0.15) is 48.9 Å². The molecule has 0 aliphatic carbocycles. The molecule has 2 N–H and O–H groups in total. The number of likely N-dealkylation sites (tertiary alicyclic amines) is 1. The Hall–Kier alpha value is -0.380. The van der Waals surface area contributed by atoms with E-state index in [1.807, 2.05) is 11.3 Å².